The van der Waals surface area contributed by atoms with E-state index in [1.165, 1.54) is 0 Å². The molecule has 4 heterocycles. The van der Waals surface area contributed by atoms with Crippen LogP contribution in [0.3, 0.4) is 0 Å². The summed E-state index contributed by atoms with van der Waals surface area (Å²) in [7, 11) is 1.87. The minimum atomic E-state index is -0.276. The highest BCUT2D eigenvalue weighted by Gasteiger charge is 2.30. The van der Waals surface area contributed by atoms with E-state index < -0.39 is 0 Å². The third kappa shape index (κ3) is 3.63. The zero-order valence-corrected chi connectivity index (χ0v) is 16.3. The van der Waals surface area contributed by atoms with E-state index >= 15 is 0 Å². The van der Waals surface area contributed by atoms with Gasteiger partial charge in [-0.15, -0.1) is 0 Å². The molecule has 2 aromatic heterocycles. The van der Waals surface area contributed by atoms with E-state index in [-0.39, 0.29) is 18.1 Å². The molecule has 1 saturated heterocycles. The lowest BCUT2D eigenvalue weighted by Gasteiger charge is -2.32. The smallest absolute Gasteiger partial charge is 0.246 e. The van der Waals surface area contributed by atoms with Crippen LogP contribution in [-0.2, 0) is 16.1 Å². The second-order valence-electron chi connectivity index (χ2n) is 7.11. The summed E-state index contributed by atoms with van der Waals surface area (Å²) in [6.45, 7) is 6.63. The second kappa shape index (κ2) is 7.69. The number of fused-ring (bicyclic) bond motifs is 1. The molecule has 9 nitrogen and oxygen atoms in total. The Morgan fingerprint density at radius 2 is 2.25 bits per heavy atom. The van der Waals surface area contributed by atoms with Crippen molar-refractivity contribution in [2.45, 2.75) is 32.5 Å². The molecule has 0 aromatic carbocycles. The Labute approximate surface area is 163 Å². The topological polar surface area (TPSA) is 104 Å². The number of rotatable bonds is 4. The SMILES string of the molecule is Cc1nc(NCc2ccnc(C3CNCCO3)c2)nc2c1NC(=O)[C@H](C)N2C. The highest BCUT2D eigenvalue weighted by Crippen LogP contribution is 2.32. The standard InChI is InChI=1S/C19H25N7O2/c1-11-16-17(26(3)12(2)18(27)24-16)25-19(23-11)22-9-13-4-5-21-14(8-13)15-10-20-6-7-28-15/h4-5,8,12,15,20H,6-7,9-10H2,1-3H3,(H,24,27)(H,22,23,25)/t12-,15?/m0/s1. The van der Waals surface area contributed by atoms with Gasteiger partial charge in [0.2, 0.25) is 11.9 Å². The lowest BCUT2D eigenvalue weighted by Crippen LogP contribution is -2.44. The molecule has 1 unspecified atom stereocenters. The molecule has 3 N–H and O–H groups in total. The van der Waals surface area contributed by atoms with Crippen molar-refractivity contribution in [2.24, 2.45) is 0 Å². The number of ether oxygens (including phenoxy) is 1. The Balaban J connectivity index is 1.50. The van der Waals surface area contributed by atoms with Crippen LogP contribution in [-0.4, -0.2) is 53.6 Å². The fourth-order valence-electron chi connectivity index (χ4n) is 3.34. The molecule has 0 radical (unpaired) electrons. The second-order valence-corrected chi connectivity index (χ2v) is 7.11. The maximum absolute atomic E-state index is 12.0. The van der Waals surface area contributed by atoms with Crippen LogP contribution in [0.25, 0.3) is 0 Å². The maximum atomic E-state index is 12.0. The number of carbonyl (C=O) groups is 1. The van der Waals surface area contributed by atoms with Gasteiger partial charge in [-0.05, 0) is 31.5 Å². The summed E-state index contributed by atoms with van der Waals surface area (Å²) in [4.78, 5) is 27.4. The van der Waals surface area contributed by atoms with Crippen LogP contribution in [0.15, 0.2) is 18.3 Å². The molecule has 148 valence electrons. The van der Waals surface area contributed by atoms with Crippen LogP contribution >= 0.6 is 0 Å². The Morgan fingerprint density at radius 3 is 3.04 bits per heavy atom. The van der Waals surface area contributed by atoms with E-state index in [1.807, 2.05) is 37.9 Å². The highest BCUT2D eigenvalue weighted by atomic mass is 16.5. The summed E-state index contributed by atoms with van der Waals surface area (Å²) >= 11 is 0. The van der Waals surface area contributed by atoms with Crippen molar-refractivity contribution in [3.63, 3.8) is 0 Å². The molecule has 0 spiro atoms. The predicted octanol–water partition coefficient (Wildman–Crippen LogP) is 1.23. The van der Waals surface area contributed by atoms with Crippen molar-refractivity contribution in [3.8, 4) is 0 Å². The molecule has 28 heavy (non-hydrogen) atoms. The molecular weight excluding hydrogens is 358 g/mol. The average molecular weight is 383 g/mol. The number of aromatic nitrogens is 3. The normalized spacial score (nSPS) is 21.8. The molecule has 1 amide bonds. The van der Waals surface area contributed by atoms with E-state index in [9.17, 15) is 4.79 Å². The first-order chi connectivity index (χ1) is 13.5. The quantitative estimate of drug-likeness (QED) is 0.724. The van der Waals surface area contributed by atoms with Crippen molar-refractivity contribution in [2.75, 3.05) is 42.3 Å². The summed E-state index contributed by atoms with van der Waals surface area (Å²) in [5.41, 5.74) is 3.40. The average Bonchev–Trinajstić information content (AvgIpc) is 2.72. The number of nitrogens with zero attached hydrogens (tertiary/aromatic N) is 4. The molecule has 0 aliphatic carbocycles. The van der Waals surface area contributed by atoms with Gasteiger partial charge in [0, 0.05) is 32.9 Å². The van der Waals surface area contributed by atoms with E-state index in [0.717, 1.165) is 35.9 Å². The van der Waals surface area contributed by atoms with Crippen LogP contribution in [0.4, 0.5) is 17.5 Å². The fourth-order valence-corrected chi connectivity index (χ4v) is 3.34. The minimum absolute atomic E-state index is 0.0188. The minimum Gasteiger partial charge on any atom is -0.369 e. The number of hydrogen-bond acceptors (Lipinski definition) is 8. The van der Waals surface area contributed by atoms with Gasteiger partial charge in [-0.2, -0.15) is 4.98 Å². The van der Waals surface area contributed by atoms with Crippen molar-refractivity contribution in [1.29, 1.82) is 0 Å². The highest BCUT2D eigenvalue weighted by molar-refractivity contribution is 6.03. The predicted molar refractivity (Wildman–Crippen MR) is 106 cm³/mol. The monoisotopic (exact) mass is 383 g/mol. The zero-order chi connectivity index (χ0) is 19.7. The lowest BCUT2D eigenvalue weighted by atomic mass is 10.1. The molecule has 2 aromatic rings. The van der Waals surface area contributed by atoms with E-state index in [0.29, 0.717) is 24.8 Å². The Morgan fingerprint density at radius 1 is 1.39 bits per heavy atom. The van der Waals surface area contributed by atoms with Crippen molar-refractivity contribution in [3.05, 3.63) is 35.3 Å². The molecule has 2 aliphatic heterocycles. The first-order valence-corrected chi connectivity index (χ1v) is 9.46. The number of morpholine rings is 1. The van der Waals surface area contributed by atoms with Crippen LogP contribution in [0.2, 0.25) is 0 Å². The largest absolute Gasteiger partial charge is 0.369 e. The third-order valence-corrected chi connectivity index (χ3v) is 5.17. The van der Waals surface area contributed by atoms with Gasteiger partial charge in [-0.1, -0.05) is 0 Å². The molecule has 1 fully saturated rings. The van der Waals surface area contributed by atoms with Crippen molar-refractivity contribution < 1.29 is 9.53 Å². The number of carbonyl (C=O) groups excluding carboxylic acids is 1. The lowest BCUT2D eigenvalue weighted by molar-refractivity contribution is -0.117. The summed E-state index contributed by atoms with van der Waals surface area (Å²) in [6, 6.07) is 3.73. The Hall–Kier alpha value is -2.78. The van der Waals surface area contributed by atoms with Gasteiger partial charge in [-0.25, -0.2) is 4.98 Å². The van der Waals surface area contributed by atoms with Gasteiger partial charge in [0.15, 0.2) is 5.82 Å². The van der Waals surface area contributed by atoms with Crippen LogP contribution < -0.4 is 20.9 Å². The molecule has 2 aliphatic rings. The molecule has 0 saturated carbocycles. The number of aryl methyl sites for hydroxylation is 1. The summed E-state index contributed by atoms with van der Waals surface area (Å²) in [6.07, 6.45) is 1.78. The van der Waals surface area contributed by atoms with Gasteiger partial charge in [-0.3, -0.25) is 9.78 Å². The molecular formula is C19H25N7O2. The molecule has 0 bridgehead atoms. The summed E-state index contributed by atoms with van der Waals surface area (Å²) < 4.78 is 5.78. The third-order valence-electron chi connectivity index (χ3n) is 5.17. The van der Waals surface area contributed by atoms with Crippen molar-refractivity contribution in [1.82, 2.24) is 20.3 Å². The summed E-state index contributed by atoms with van der Waals surface area (Å²) in [5, 5.41) is 9.50. The molecule has 9 heteroatoms. The van der Waals surface area contributed by atoms with Gasteiger partial charge in [0.25, 0.3) is 0 Å². The zero-order valence-electron chi connectivity index (χ0n) is 16.3. The van der Waals surface area contributed by atoms with E-state index in [4.69, 9.17) is 4.74 Å². The number of hydrogen-bond donors (Lipinski definition) is 3. The number of pyridine rings is 1. The molecule has 2 atom stereocenters. The van der Waals surface area contributed by atoms with E-state index in [2.05, 4.69) is 30.9 Å². The maximum Gasteiger partial charge on any atom is 0.246 e. The number of nitrogens with one attached hydrogen (secondary N) is 3. The number of anilines is 3. The van der Waals surface area contributed by atoms with Crippen LogP contribution in [0, 0.1) is 6.92 Å². The van der Waals surface area contributed by atoms with Gasteiger partial charge in [0.05, 0.1) is 18.0 Å². The Bertz CT molecular complexity index is 883. The van der Waals surface area contributed by atoms with Gasteiger partial charge < -0.3 is 25.6 Å². The Kier molecular flexibility index (Phi) is 5.10. The first kappa shape index (κ1) is 18.6. The van der Waals surface area contributed by atoms with Crippen LogP contribution in [0.1, 0.15) is 30.0 Å². The number of likely N-dealkylation sites (N-methyl/N-ethyl adjacent to an activating group) is 1. The first-order valence-electron chi connectivity index (χ1n) is 9.46. The van der Waals surface area contributed by atoms with Crippen LogP contribution in [0.5, 0.6) is 0 Å². The molecule has 4 rings (SSSR count). The van der Waals surface area contributed by atoms with Crippen molar-refractivity contribution >= 4 is 23.4 Å². The van der Waals surface area contributed by atoms with Gasteiger partial charge >= 0.3 is 0 Å². The number of amides is 1. The van der Waals surface area contributed by atoms with E-state index in [1.54, 1.807) is 6.20 Å². The fraction of sp³-hybridized carbons (Fsp3) is 0.474. The summed E-state index contributed by atoms with van der Waals surface area (Å²) in [5.74, 6) is 1.20. The van der Waals surface area contributed by atoms with Gasteiger partial charge in [0.1, 0.15) is 17.8 Å².